The van der Waals surface area contributed by atoms with Crippen LogP contribution < -0.4 is 5.32 Å². The molecule has 4 nitrogen and oxygen atoms in total. The Balaban J connectivity index is 1.78. The molecule has 1 saturated carbocycles. The number of amides is 2. The summed E-state index contributed by atoms with van der Waals surface area (Å²) in [7, 11) is 0. The van der Waals surface area contributed by atoms with Crippen molar-refractivity contribution in [3.05, 3.63) is 70.5 Å². The lowest BCUT2D eigenvalue weighted by Gasteiger charge is -2.31. The summed E-state index contributed by atoms with van der Waals surface area (Å²) in [6, 6.07) is 12.9. The number of halogens is 2. The van der Waals surface area contributed by atoms with Crippen LogP contribution in [0.25, 0.3) is 0 Å². The van der Waals surface area contributed by atoms with Gasteiger partial charge in [0.05, 0.1) is 6.42 Å². The van der Waals surface area contributed by atoms with Gasteiger partial charge in [0.2, 0.25) is 11.8 Å². The Morgan fingerprint density at radius 3 is 2.37 bits per heavy atom. The fourth-order valence-corrected chi connectivity index (χ4v) is 4.06. The summed E-state index contributed by atoms with van der Waals surface area (Å²) < 4.78 is 14.1. The van der Waals surface area contributed by atoms with Crippen LogP contribution in [-0.2, 0) is 22.6 Å². The normalized spacial score (nSPS) is 15.4. The summed E-state index contributed by atoms with van der Waals surface area (Å²) in [4.78, 5) is 27.6. The maximum atomic E-state index is 14.1. The minimum atomic E-state index is -0.692. The van der Waals surface area contributed by atoms with E-state index in [1.807, 2.05) is 18.2 Å². The smallest absolute Gasteiger partial charge is 0.242 e. The second-order valence-corrected chi connectivity index (χ2v) is 8.31. The molecular weight excluding hydrogens is 403 g/mol. The Kier molecular flexibility index (Phi) is 7.86. The first-order chi connectivity index (χ1) is 14.5. The minimum Gasteiger partial charge on any atom is -0.352 e. The molecule has 0 aromatic heterocycles. The predicted molar refractivity (Wildman–Crippen MR) is 117 cm³/mol. The molecule has 6 heteroatoms. The third-order valence-corrected chi connectivity index (χ3v) is 6.09. The quantitative estimate of drug-likeness (QED) is 0.680. The molecule has 0 unspecified atom stereocenters. The average molecular weight is 431 g/mol. The number of nitrogens with one attached hydrogen (secondary N) is 1. The van der Waals surface area contributed by atoms with Gasteiger partial charge in [0.15, 0.2) is 0 Å². The fourth-order valence-electron chi connectivity index (χ4n) is 3.87. The van der Waals surface area contributed by atoms with Crippen LogP contribution >= 0.6 is 11.6 Å². The van der Waals surface area contributed by atoms with Crippen LogP contribution in [0, 0.1) is 5.82 Å². The summed E-state index contributed by atoms with van der Waals surface area (Å²) in [6.07, 6.45) is 5.22. The minimum absolute atomic E-state index is 0.113. The van der Waals surface area contributed by atoms with Crippen molar-refractivity contribution in [3.63, 3.8) is 0 Å². The first kappa shape index (κ1) is 22.3. The zero-order valence-electron chi connectivity index (χ0n) is 17.2. The molecule has 2 aromatic rings. The highest BCUT2D eigenvalue weighted by molar-refractivity contribution is 6.31. The predicted octanol–water partition coefficient (Wildman–Crippen LogP) is 4.89. The Morgan fingerprint density at radius 1 is 1.07 bits per heavy atom. The van der Waals surface area contributed by atoms with Crippen LogP contribution in [0.2, 0.25) is 5.02 Å². The maximum absolute atomic E-state index is 14.1. The molecule has 0 heterocycles. The molecule has 2 aromatic carbocycles. The average Bonchev–Trinajstić information content (AvgIpc) is 2.75. The van der Waals surface area contributed by atoms with Gasteiger partial charge in [-0.05, 0) is 43.0 Å². The highest BCUT2D eigenvalue weighted by Crippen LogP contribution is 2.21. The number of hydrogen-bond donors (Lipinski definition) is 1. The fraction of sp³-hybridized carbons (Fsp3) is 0.417. The number of nitrogens with zero attached hydrogens (tertiary/aromatic N) is 1. The standard InChI is InChI=1S/C24H28ClFN2O2/c1-17(24(30)27-20-11-3-2-4-12-20)28(16-19-10-5-7-13-21(19)25)23(29)15-18-9-6-8-14-22(18)26/h5-10,13-14,17,20H,2-4,11-12,15-16H2,1H3,(H,27,30)/t17-/m1/s1. The highest BCUT2D eigenvalue weighted by atomic mass is 35.5. The van der Waals surface area contributed by atoms with Crippen LogP contribution in [0.1, 0.15) is 50.2 Å². The summed E-state index contributed by atoms with van der Waals surface area (Å²) >= 11 is 6.30. The molecule has 0 aliphatic heterocycles. The first-order valence-corrected chi connectivity index (χ1v) is 10.9. The summed E-state index contributed by atoms with van der Waals surface area (Å²) in [5.74, 6) is -0.926. The largest absolute Gasteiger partial charge is 0.352 e. The Hall–Kier alpha value is -2.40. The lowest BCUT2D eigenvalue weighted by molar-refractivity contribution is -0.140. The van der Waals surface area contributed by atoms with E-state index < -0.39 is 11.9 Å². The van der Waals surface area contributed by atoms with Crippen LogP contribution in [0.4, 0.5) is 4.39 Å². The van der Waals surface area contributed by atoms with Crippen molar-refractivity contribution in [2.75, 3.05) is 0 Å². The van der Waals surface area contributed by atoms with Crippen molar-refractivity contribution in [1.29, 1.82) is 0 Å². The van der Waals surface area contributed by atoms with Crippen molar-refractivity contribution in [1.82, 2.24) is 10.2 Å². The Morgan fingerprint density at radius 2 is 1.70 bits per heavy atom. The number of rotatable bonds is 7. The van der Waals surface area contributed by atoms with E-state index in [1.54, 1.807) is 31.2 Å². The monoisotopic (exact) mass is 430 g/mol. The number of carbonyl (C=O) groups is 2. The van der Waals surface area contributed by atoms with Gasteiger partial charge in [-0.25, -0.2) is 4.39 Å². The molecule has 1 fully saturated rings. The van der Waals surface area contributed by atoms with Gasteiger partial charge in [-0.15, -0.1) is 0 Å². The molecule has 160 valence electrons. The first-order valence-electron chi connectivity index (χ1n) is 10.5. The number of benzene rings is 2. The molecule has 1 atom stereocenters. The number of hydrogen-bond acceptors (Lipinski definition) is 2. The van der Waals surface area contributed by atoms with Gasteiger partial charge >= 0.3 is 0 Å². The summed E-state index contributed by atoms with van der Waals surface area (Å²) in [5.41, 5.74) is 1.06. The molecule has 1 aliphatic rings. The van der Waals surface area contributed by atoms with E-state index in [4.69, 9.17) is 11.6 Å². The van der Waals surface area contributed by atoms with Crippen molar-refractivity contribution < 1.29 is 14.0 Å². The topological polar surface area (TPSA) is 49.4 Å². The van der Waals surface area contributed by atoms with E-state index in [-0.39, 0.29) is 30.8 Å². The van der Waals surface area contributed by atoms with Gasteiger partial charge in [-0.1, -0.05) is 67.3 Å². The van der Waals surface area contributed by atoms with Gasteiger partial charge < -0.3 is 10.2 Å². The van der Waals surface area contributed by atoms with E-state index in [0.717, 1.165) is 31.2 Å². The molecule has 0 spiro atoms. The van der Waals surface area contributed by atoms with Crippen molar-refractivity contribution >= 4 is 23.4 Å². The highest BCUT2D eigenvalue weighted by Gasteiger charge is 2.29. The van der Waals surface area contributed by atoms with E-state index in [1.165, 1.54) is 17.4 Å². The van der Waals surface area contributed by atoms with Crippen LogP contribution in [-0.4, -0.2) is 28.8 Å². The van der Waals surface area contributed by atoms with E-state index in [9.17, 15) is 14.0 Å². The lowest BCUT2D eigenvalue weighted by atomic mass is 9.95. The lowest BCUT2D eigenvalue weighted by Crippen LogP contribution is -2.50. The summed E-state index contributed by atoms with van der Waals surface area (Å²) in [6.45, 7) is 1.90. The molecule has 0 bridgehead atoms. The van der Waals surface area contributed by atoms with Gasteiger partial charge in [0, 0.05) is 17.6 Å². The molecule has 1 N–H and O–H groups in total. The molecule has 30 heavy (non-hydrogen) atoms. The van der Waals surface area contributed by atoms with Gasteiger partial charge in [0.25, 0.3) is 0 Å². The third kappa shape index (κ3) is 5.82. The summed E-state index contributed by atoms with van der Waals surface area (Å²) in [5, 5.41) is 3.62. The maximum Gasteiger partial charge on any atom is 0.242 e. The molecule has 3 rings (SSSR count). The third-order valence-electron chi connectivity index (χ3n) is 5.72. The van der Waals surface area contributed by atoms with Crippen molar-refractivity contribution in [2.45, 2.75) is 64.1 Å². The second-order valence-electron chi connectivity index (χ2n) is 7.90. The van der Waals surface area contributed by atoms with Crippen molar-refractivity contribution in [2.24, 2.45) is 0 Å². The Labute approximate surface area is 182 Å². The molecular formula is C24H28ClFN2O2. The molecule has 2 amide bonds. The Bertz CT molecular complexity index is 883. The van der Waals surface area contributed by atoms with Gasteiger partial charge in [-0.2, -0.15) is 0 Å². The SMILES string of the molecule is C[C@H](C(=O)NC1CCCCC1)N(Cc1ccccc1Cl)C(=O)Cc1ccccc1F. The zero-order chi connectivity index (χ0) is 21.5. The van der Waals surface area contributed by atoms with Gasteiger partial charge in [0.1, 0.15) is 11.9 Å². The molecule has 0 radical (unpaired) electrons. The molecule has 0 saturated heterocycles. The van der Waals surface area contributed by atoms with Crippen LogP contribution in [0.15, 0.2) is 48.5 Å². The second kappa shape index (κ2) is 10.6. The van der Waals surface area contributed by atoms with E-state index in [0.29, 0.717) is 10.6 Å². The van der Waals surface area contributed by atoms with E-state index in [2.05, 4.69) is 5.32 Å². The number of carbonyl (C=O) groups excluding carboxylic acids is 2. The van der Waals surface area contributed by atoms with E-state index >= 15 is 0 Å². The van der Waals surface area contributed by atoms with Crippen LogP contribution in [0.3, 0.4) is 0 Å². The van der Waals surface area contributed by atoms with Crippen LogP contribution in [0.5, 0.6) is 0 Å². The molecule has 1 aliphatic carbocycles. The van der Waals surface area contributed by atoms with Crippen molar-refractivity contribution in [3.8, 4) is 0 Å². The zero-order valence-corrected chi connectivity index (χ0v) is 18.0. The van der Waals surface area contributed by atoms with Gasteiger partial charge in [-0.3, -0.25) is 9.59 Å².